The van der Waals surface area contributed by atoms with Crippen LogP contribution in [-0.4, -0.2) is 29.8 Å². The number of halogens is 2. The standard InChI is InChI=1S/C18H18BrClN2O2/c1-3-22(4-2)18(24)12-6-5-7-14(10-12)21-17(23)15-11-13(19)8-9-16(15)20/h5-11H,3-4H2,1-2H3,(H,21,23). The normalized spacial score (nSPS) is 10.3. The number of anilines is 1. The van der Waals surface area contributed by atoms with E-state index in [1.165, 1.54) is 0 Å². The fraction of sp³-hybridized carbons (Fsp3) is 0.222. The minimum Gasteiger partial charge on any atom is -0.339 e. The van der Waals surface area contributed by atoms with E-state index in [0.717, 1.165) is 4.47 Å². The van der Waals surface area contributed by atoms with Crippen molar-refractivity contribution in [1.29, 1.82) is 0 Å². The predicted octanol–water partition coefficient (Wildman–Crippen LogP) is 4.84. The highest BCUT2D eigenvalue weighted by molar-refractivity contribution is 9.10. The Kier molecular flexibility index (Phi) is 6.40. The first-order chi connectivity index (χ1) is 11.5. The second kappa shape index (κ2) is 8.31. The third kappa shape index (κ3) is 4.36. The number of hydrogen-bond acceptors (Lipinski definition) is 2. The number of rotatable bonds is 5. The Bertz CT molecular complexity index is 760. The second-order valence-electron chi connectivity index (χ2n) is 5.14. The fourth-order valence-electron chi connectivity index (χ4n) is 2.29. The van der Waals surface area contributed by atoms with Gasteiger partial charge in [-0.3, -0.25) is 9.59 Å². The molecule has 1 N–H and O–H groups in total. The topological polar surface area (TPSA) is 49.4 Å². The molecule has 24 heavy (non-hydrogen) atoms. The van der Waals surface area contributed by atoms with Crippen LogP contribution in [0.4, 0.5) is 5.69 Å². The fourth-order valence-corrected chi connectivity index (χ4v) is 2.86. The Hall–Kier alpha value is -1.85. The smallest absolute Gasteiger partial charge is 0.257 e. The zero-order valence-electron chi connectivity index (χ0n) is 13.5. The predicted molar refractivity (Wildman–Crippen MR) is 101 cm³/mol. The van der Waals surface area contributed by atoms with E-state index in [4.69, 9.17) is 11.6 Å². The molecule has 4 nitrogen and oxygen atoms in total. The van der Waals surface area contributed by atoms with Crippen molar-refractivity contribution in [3.8, 4) is 0 Å². The first-order valence-electron chi connectivity index (χ1n) is 7.62. The van der Waals surface area contributed by atoms with E-state index in [1.807, 2.05) is 13.8 Å². The summed E-state index contributed by atoms with van der Waals surface area (Å²) < 4.78 is 0.766. The number of benzene rings is 2. The van der Waals surface area contributed by atoms with Crippen LogP contribution in [0, 0.1) is 0 Å². The molecule has 0 saturated heterocycles. The van der Waals surface area contributed by atoms with Crippen molar-refractivity contribution in [3.05, 3.63) is 63.1 Å². The van der Waals surface area contributed by atoms with Crippen LogP contribution in [0.3, 0.4) is 0 Å². The maximum Gasteiger partial charge on any atom is 0.257 e. The molecule has 0 unspecified atom stereocenters. The summed E-state index contributed by atoms with van der Waals surface area (Å²) in [6.07, 6.45) is 0. The van der Waals surface area contributed by atoms with E-state index in [9.17, 15) is 9.59 Å². The van der Waals surface area contributed by atoms with Gasteiger partial charge in [0.05, 0.1) is 10.6 Å². The number of hydrogen-bond donors (Lipinski definition) is 1. The van der Waals surface area contributed by atoms with Gasteiger partial charge < -0.3 is 10.2 Å². The lowest BCUT2D eigenvalue weighted by molar-refractivity contribution is 0.0772. The average molecular weight is 410 g/mol. The number of nitrogens with zero attached hydrogens (tertiary/aromatic N) is 1. The van der Waals surface area contributed by atoms with Crippen LogP contribution >= 0.6 is 27.5 Å². The zero-order chi connectivity index (χ0) is 17.7. The van der Waals surface area contributed by atoms with Gasteiger partial charge in [0.2, 0.25) is 0 Å². The summed E-state index contributed by atoms with van der Waals surface area (Å²) >= 11 is 9.40. The molecule has 6 heteroatoms. The lowest BCUT2D eigenvalue weighted by Gasteiger charge is -2.19. The highest BCUT2D eigenvalue weighted by Gasteiger charge is 2.15. The van der Waals surface area contributed by atoms with Gasteiger partial charge in [-0.15, -0.1) is 0 Å². The number of amides is 2. The molecular weight excluding hydrogens is 392 g/mol. The maximum atomic E-state index is 12.4. The Morgan fingerprint density at radius 2 is 1.83 bits per heavy atom. The molecule has 0 radical (unpaired) electrons. The summed E-state index contributed by atoms with van der Waals surface area (Å²) in [4.78, 5) is 26.5. The van der Waals surface area contributed by atoms with Crippen molar-refractivity contribution in [2.75, 3.05) is 18.4 Å². The first kappa shape index (κ1) is 18.5. The van der Waals surface area contributed by atoms with Crippen LogP contribution in [-0.2, 0) is 0 Å². The molecule has 0 saturated carbocycles. The summed E-state index contributed by atoms with van der Waals surface area (Å²) in [5, 5.41) is 3.15. The van der Waals surface area contributed by atoms with E-state index >= 15 is 0 Å². The molecule has 0 aliphatic rings. The van der Waals surface area contributed by atoms with Crippen LogP contribution in [0.15, 0.2) is 46.9 Å². The van der Waals surface area contributed by atoms with Gasteiger partial charge in [-0.1, -0.05) is 33.6 Å². The summed E-state index contributed by atoms with van der Waals surface area (Å²) in [6.45, 7) is 5.14. The molecule has 0 spiro atoms. The van der Waals surface area contributed by atoms with Crippen LogP contribution in [0.5, 0.6) is 0 Å². The molecule has 126 valence electrons. The molecule has 2 amide bonds. The van der Waals surface area contributed by atoms with Gasteiger partial charge in [0.25, 0.3) is 11.8 Å². The van der Waals surface area contributed by atoms with E-state index in [-0.39, 0.29) is 11.8 Å². The van der Waals surface area contributed by atoms with Crippen LogP contribution in [0.25, 0.3) is 0 Å². The van der Waals surface area contributed by atoms with Crippen molar-refractivity contribution in [1.82, 2.24) is 4.90 Å². The van der Waals surface area contributed by atoms with Crippen molar-refractivity contribution in [3.63, 3.8) is 0 Å². The molecule has 2 rings (SSSR count). The maximum absolute atomic E-state index is 12.4. The Morgan fingerprint density at radius 1 is 1.12 bits per heavy atom. The molecule has 0 aliphatic carbocycles. The quantitative estimate of drug-likeness (QED) is 0.768. The summed E-state index contributed by atoms with van der Waals surface area (Å²) in [7, 11) is 0. The van der Waals surface area contributed by atoms with Gasteiger partial charge in [0.1, 0.15) is 0 Å². The molecule has 0 aromatic heterocycles. The molecule has 0 aliphatic heterocycles. The lowest BCUT2D eigenvalue weighted by atomic mass is 10.1. The van der Waals surface area contributed by atoms with Gasteiger partial charge >= 0.3 is 0 Å². The van der Waals surface area contributed by atoms with Crippen molar-refractivity contribution in [2.24, 2.45) is 0 Å². The molecule has 0 fully saturated rings. The van der Waals surface area contributed by atoms with Gasteiger partial charge in [0, 0.05) is 28.8 Å². The molecule has 0 bridgehead atoms. The minimum absolute atomic E-state index is 0.0587. The highest BCUT2D eigenvalue weighted by Crippen LogP contribution is 2.22. The lowest BCUT2D eigenvalue weighted by Crippen LogP contribution is -2.30. The second-order valence-corrected chi connectivity index (χ2v) is 6.46. The first-order valence-corrected chi connectivity index (χ1v) is 8.79. The van der Waals surface area contributed by atoms with Gasteiger partial charge in [-0.25, -0.2) is 0 Å². The number of carbonyl (C=O) groups is 2. The largest absolute Gasteiger partial charge is 0.339 e. The molecule has 0 atom stereocenters. The monoisotopic (exact) mass is 408 g/mol. The SMILES string of the molecule is CCN(CC)C(=O)c1cccc(NC(=O)c2cc(Br)ccc2Cl)c1. The van der Waals surface area contributed by atoms with Crippen molar-refractivity contribution < 1.29 is 9.59 Å². The van der Waals surface area contributed by atoms with Crippen molar-refractivity contribution in [2.45, 2.75) is 13.8 Å². The van der Waals surface area contributed by atoms with Crippen LogP contribution in [0.1, 0.15) is 34.6 Å². The van der Waals surface area contributed by atoms with Crippen LogP contribution < -0.4 is 5.32 Å². The van der Waals surface area contributed by atoms with Gasteiger partial charge in [-0.05, 0) is 50.2 Å². The van der Waals surface area contributed by atoms with Gasteiger partial charge in [0.15, 0.2) is 0 Å². The number of nitrogens with one attached hydrogen (secondary N) is 1. The van der Waals surface area contributed by atoms with Crippen LogP contribution in [0.2, 0.25) is 5.02 Å². The van der Waals surface area contributed by atoms with E-state index in [2.05, 4.69) is 21.2 Å². The van der Waals surface area contributed by atoms with Gasteiger partial charge in [-0.2, -0.15) is 0 Å². The van der Waals surface area contributed by atoms with E-state index < -0.39 is 0 Å². The summed E-state index contributed by atoms with van der Waals surface area (Å²) in [6, 6.07) is 12.0. The average Bonchev–Trinajstić information content (AvgIpc) is 2.58. The van der Waals surface area contributed by atoms with E-state index in [1.54, 1.807) is 47.4 Å². The number of carbonyl (C=O) groups excluding carboxylic acids is 2. The third-order valence-electron chi connectivity index (χ3n) is 3.59. The molecule has 0 heterocycles. The summed E-state index contributed by atoms with van der Waals surface area (Å²) in [5.41, 5.74) is 1.46. The Morgan fingerprint density at radius 3 is 2.50 bits per heavy atom. The Balaban J connectivity index is 2.22. The summed E-state index contributed by atoms with van der Waals surface area (Å²) in [5.74, 6) is -0.384. The zero-order valence-corrected chi connectivity index (χ0v) is 15.8. The Labute approximate surface area is 154 Å². The van der Waals surface area contributed by atoms with E-state index in [0.29, 0.717) is 34.9 Å². The third-order valence-corrected chi connectivity index (χ3v) is 4.41. The highest BCUT2D eigenvalue weighted by atomic mass is 79.9. The molecule has 2 aromatic rings. The van der Waals surface area contributed by atoms with Crippen molar-refractivity contribution >= 4 is 45.0 Å². The molecule has 2 aromatic carbocycles. The molecular formula is C18H18BrClN2O2. The minimum atomic E-state index is -0.325.